The number of alkyl halides is 3. The van der Waals surface area contributed by atoms with E-state index in [4.69, 9.17) is 0 Å². The lowest BCUT2D eigenvalue weighted by atomic mass is 10.0. The highest BCUT2D eigenvalue weighted by atomic mass is 19.4. The molecule has 0 saturated heterocycles. The van der Waals surface area contributed by atoms with Gasteiger partial charge in [0.25, 0.3) is 0 Å². The van der Waals surface area contributed by atoms with Crippen LogP contribution in [-0.4, -0.2) is 0 Å². The van der Waals surface area contributed by atoms with E-state index in [-0.39, 0.29) is 0 Å². The van der Waals surface area contributed by atoms with Gasteiger partial charge in [-0.2, -0.15) is 13.2 Å². The van der Waals surface area contributed by atoms with Crippen LogP contribution in [0.25, 0.3) is 0 Å². The maximum Gasteiger partial charge on any atom is 0.416 e. The number of benzene rings is 1. The zero-order valence-electron chi connectivity index (χ0n) is 9.57. The van der Waals surface area contributed by atoms with Gasteiger partial charge in [-0.3, -0.25) is 0 Å². The molecule has 0 saturated carbocycles. The summed E-state index contributed by atoms with van der Waals surface area (Å²) in [5.74, 6) is 0. The second-order valence-corrected chi connectivity index (χ2v) is 3.45. The van der Waals surface area contributed by atoms with Crippen LogP contribution in [0.3, 0.4) is 0 Å². The number of hydrogen-bond donors (Lipinski definition) is 0. The fourth-order valence-corrected chi connectivity index (χ4v) is 1.06. The van der Waals surface area contributed by atoms with Crippen LogP contribution in [0.2, 0.25) is 0 Å². The van der Waals surface area contributed by atoms with E-state index < -0.39 is 11.7 Å². The molecule has 0 spiro atoms. The van der Waals surface area contributed by atoms with Gasteiger partial charge in [-0.25, -0.2) is 0 Å². The molecule has 0 nitrogen and oxygen atoms in total. The Bertz CT molecular complexity index is 300. The van der Waals surface area contributed by atoms with Crippen LogP contribution in [0.1, 0.15) is 37.0 Å². The SMILES string of the molecule is CCC.Cc1cccc(C(F)(F)F)c1C. The lowest BCUT2D eigenvalue weighted by Gasteiger charge is -2.11. The lowest BCUT2D eigenvalue weighted by Crippen LogP contribution is -2.07. The van der Waals surface area contributed by atoms with Crippen molar-refractivity contribution in [3.8, 4) is 0 Å². The van der Waals surface area contributed by atoms with E-state index in [0.717, 1.165) is 6.07 Å². The van der Waals surface area contributed by atoms with E-state index in [1.165, 1.54) is 19.4 Å². The molecule has 0 N–H and O–H groups in total. The molecule has 0 aliphatic rings. The van der Waals surface area contributed by atoms with Crippen LogP contribution in [-0.2, 0) is 6.18 Å². The van der Waals surface area contributed by atoms with Crippen LogP contribution < -0.4 is 0 Å². The number of rotatable bonds is 0. The Morgan fingerprint density at radius 3 is 1.87 bits per heavy atom. The van der Waals surface area contributed by atoms with Gasteiger partial charge in [-0.15, -0.1) is 0 Å². The number of hydrogen-bond acceptors (Lipinski definition) is 0. The van der Waals surface area contributed by atoms with E-state index in [1.54, 1.807) is 13.0 Å². The van der Waals surface area contributed by atoms with Gasteiger partial charge in [0, 0.05) is 0 Å². The molecule has 3 heteroatoms. The second kappa shape index (κ2) is 5.79. The van der Waals surface area contributed by atoms with E-state index in [1.807, 2.05) is 0 Å². The third kappa shape index (κ3) is 4.36. The molecule has 1 aromatic rings. The van der Waals surface area contributed by atoms with Crippen LogP contribution in [0, 0.1) is 13.8 Å². The van der Waals surface area contributed by atoms with Crippen LogP contribution in [0.15, 0.2) is 18.2 Å². The van der Waals surface area contributed by atoms with Gasteiger partial charge in [0.2, 0.25) is 0 Å². The smallest absolute Gasteiger partial charge is 0.166 e. The molecule has 0 radical (unpaired) electrons. The van der Waals surface area contributed by atoms with Crippen LogP contribution >= 0.6 is 0 Å². The maximum absolute atomic E-state index is 12.2. The summed E-state index contributed by atoms with van der Waals surface area (Å²) in [7, 11) is 0. The predicted molar refractivity (Wildman–Crippen MR) is 56.9 cm³/mol. The van der Waals surface area contributed by atoms with Gasteiger partial charge in [-0.05, 0) is 31.0 Å². The van der Waals surface area contributed by atoms with E-state index in [9.17, 15) is 13.2 Å². The summed E-state index contributed by atoms with van der Waals surface area (Å²) < 4.78 is 36.7. The Balaban J connectivity index is 0.000000583. The monoisotopic (exact) mass is 218 g/mol. The highest BCUT2D eigenvalue weighted by Crippen LogP contribution is 2.32. The summed E-state index contributed by atoms with van der Waals surface area (Å²) in [6.07, 6.45) is -2.98. The lowest BCUT2D eigenvalue weighted by molar-refractivity contribution is -0.138. The molecule has 0 aromatic heterocycles. The van der Waals surface area contributed by atoms with Gasteiger partial charge in [0.15, 0.2) is 0 Å². The Labute approximate surface area is 89.1 Å². The summed E-state index contributed by atoms with van der Waals surface area (Å²) in [5.41, 5.74) is 0.442. The minimum absolute atomic E-state index is 0.310. The quantitative estimate of drug-likeness (QED) is 0.590. The molecular weight excluding hydrogens is 201 g/mol. The standard InChI is InChI=1S/C9H9F3.C3H8/c1-6-4-3-5-8(7(6)2)9(10,11)12;1-3-2/h3-5H,1-2H3;3H2,1-2H3. The summed E-state index contributed by atoms with van der Waals surface area (Å²) in [5, 5.41) is 0. The van der Waals surface area contributed by atoms with Gasteiger partial charge < -0.3 is 0 Å². The van der Waals surface area contributed by atoms with E-state index in [2.05, 4.69) is 13.8 Å². The summed E-state index contributed by atoms with van der Waals surface area (Å²) in [4.78, 5) is 0. The van der Waals surface area contributed by atoms with Crippen molar-refractivity contribution in [2.24, 2.45) is 0 Å². The summed E-state index contributed by atoms with van der Waals surface area (Å²) in [6, 6.07) is 4.19. The summed E-state index contributed by atoms with van der Waals surface area (Å²) in [6.45, 7) is 7.41. The van der Waals surface area contributed by atoms with E-state index >= 15 is 0 Å². The van der Waals surface area contributed by atoms with Crippen molar-refractivity contribution in [2.75, 3.05) is 0 Å². The summed E-state index contributed by atoms with van der Waals surface area (Å²) >= 11 is 0. The highest BCUT2D eigenvalue weighted by Gasteiger charge is 2.32. The first-order chi connectivity index (χ1) is 6.84. The maximum atomic E-state index is 12.2. The van der Waals surface area contributed by atoms with Crippen molar-refractivity contribution >= 4 is 0 Å². The third-order valence-electron chi connectivity index (χ3n) is 1.91. The van der Waals surface area contributed by atoms with Crippen molar-refractivity contribution in [1.82, 2.24) is 0 Å². The normalized spacial score (nSPS) is 10.6. The molecule has 0 unspecified atom stereocenters. The van der Waals surface area contributed by atoms with Gasteiger partial charge >= 0.3 is 6.18 Å². The fraction of sp³-hybridized carbons (Fsp3) is 0.500. The molecule has 0 atom stereocenters. The van der Waals surface area contributed by atoms with Crippen LogP contribution in [0.4, 0.5) is 13.2 Å². The van der Waals surface area contributed by atoms with Crippen molar-refractivity contribution in [1.29, 1.82) is 0 Å². The molecule has 15 heavy (non-hydrogen) atoms. The van der Waals surface area contributed by atoms with Crippen molar-refractivity contribution in [3.63, 3.8) is 0 Å². The Hall–Kier alpha value is -0.990. The minimum atomic E-state index is -4.23. The molecule has 0 fully saturated rings. The molecule has 86 valence electrons. The number of aryl methyl sites for hydroxylation is 1. The Morgan fingerprint density at radius 1 is 1.07 bits per heavy atom. The average molecular weight is 218 g/mol. The number of halogens is 3. The molecule has 1 aromatic carbocycles. The first-order valence-electron chi connectivity index (χ1n) is 4.98. The van der Waals surface area contributed by atoms with Gasteiger partial charge in [-0.1, -0.05) is 32.4 Å². The van der Waals surface area contributed by atoms with Crippen molar-refractivity contribution in [2.45, 2.75) is 40.3 Å². The second-order valence-electron chi connectivity index (χ2n) is 3.45. The molecule has 0 amide bonds. The first-order valence-corrected chi connectivity index (χ1v) is 4.98. The highest BCUT2D eigenvalue weighted by molar-refractivity contribution is 5.34. The first kappa shape index (κ1) is 14.0. The fourth-order valence-electron chi connectivity index (χ4n) is 1.06. The zero-order valence-corrected chi connectivity index (χ0v) is 9.57. The van der Waals surface area contributed by atoms with Crippen molar-refractivity contribution in [3.05, 3.63) is 34.9 Å². The Kier molecular flexibility index (Phi) is 5.40. The van der Waals surface area contributed by atoms with Gasteiger partial charge in [0.05, 0.1) is 5.56 Å². The largest absolute Gasteiger partial charge is 0.416 e. The van der Waals surface area contributed by atoms with Gasteiger partial charge in [0.1, 0.15) is 0 Å². The Morgan fingerprint density at radius 2 is 1.53 bits per heavy atom. The molecule has 0 aliphatic carbocycles. The minimum Gasteiger partial charge on any atom is -0.166 e. The molecular formula is C12H17F3. The molecule has 0 bridgehead atoms. The average Bonchev–Trinajstić information content (AvgIpc) is 2.09. The predicted octanol–water partition coefficient (Wildman–Crippen LogP) is 4.74. The zero-order chi connectivity index (χ0) is 12.1. The third-order valence-corrected chi connectivity index (χ3v) is 1.91. The van der Waals surface area contributed by atoms with E-state index in [0.29, 0.717) is 11.1 Å². The molecule has 0 heterocycles. The van der Waals surface area contributed by atoms with Crippen LogP contribution in [0.5, 0.6) is 0 Å². The topological polar surface area (TPSA) is 0 Å². The molecule has 0 aliphatic heterocycles. The van der Waals surface area contributed by atoms with Crippen molar-refractivity contribution < 1.29 is 13.2 Å². The molecule has 1 rings (SSSR count).